The summed E-state index contributed by atoms with van der Waals surface area (Å²) in [5.41, 5.74) is 0. The smallest absolute Gasteiger partial charge is 0.244 e. The van der Waals surface area contributed by atoms with Crippen LogP contribution >= 0.6 is 11.3 Å². The van der Waals surface area contributed by atoms with Gasteiger partial charge in [-0.25, -0.2) is 8.42 Å². The Morgan fingerprint density at radius 2 is 2.25 bits per heavy atom. The number of sulfonamides is 1. The Morgan fingerprint density at radius 1 is 1.38 bits per heavy atom. The molecule has 2 aromatic heterocycles. The predicted molar refractivity (Wildman–Crippen MR) is 91.9 cm³/mol. The highest BCUT2D eigenvalue weighted by Gasteiger charge is 2.33. The van der Waals surface area contributed by atoms with Gasteiger partial charge in [-0.1, -0.05) is 6.07 Å². The lowest BCUT2D eigenvalue weighted by Gasteiger charge is -2.31. The second-order valence-corrected chi connectivity index (χ2v) is 8.66. The molecule has 1 amide bonds. The molecule has 0 bridgehead atoms. The Bertz CT molecular complexity index is 776. The number of piperidine rings is 1. The molecule has 1 unspecified atom stereocenters. The van der Waals surface area contributed by atoms with Crippen LogP contribution in [0.25, 0.3) is 0 Å². The Kier molecular flexibility index (Phi) is 5.27. The SMILES string of the molecule is O=C(NCc1cccs1)C1CCCN(S(=O)(=O)c2cccnc2)C1. The molecule has 1 aliphatic rings. The first kappa shape index (κ1) is 17.1. The maximum absolute atomic E-state index is 12.7. The summed E-state index contributed by atoms with van der Waals surface area (Å²) in [4.78, 5) is 17.5. The van der Waals surface area contributed by atoms with Crippen LogP contribution in [0.5, 0.6) is 0 Å². The van der Waals surface area contributed by atoms with Crippen molar-refractivity contribution in [2.75, 3.05) is 13.1 Å². The zero-order valence-electron chi connectivity index (χ0n) is 13.1. The second-order valence-electron chi connectivity index (χ2n) is 5.69. The van der Waals surface area contributed by atoms with Gasteiger partial charge in [0, 0.05) is 30.4 Å². The van der Waals surface area contributed by atoms with Crippen LogP contribution in [-0.2, 0) is 21.4 Å². The van der Waals surface area contributed by atoms with Gasteiger partial charge in [-0.3, -0.25) is 9.78 Å². The third-order valence-corrected chi connectivity index (χ3v) is 6.77. The maximum Gasteiger partial charge on any atom is 0.244 e. The van der Waals surface area contributed by atoms with Crippen molar-refractivity contribution in [2.24, 2.45) is 5.92 Å². The number of nitrogens with zero attached hydrogens (tertiary/aromatic N) is 2. The van der Waals surface area contributed by atoms with Crippen molar-refractivity contribution in [1.29, 1.82) is 0 Å². The lowest BCUT2D eigenvalue weighted by Crippen LogP contribution is -2.45. The molecule has 0 aliphatic carbocycles. The van der Waals surface area contributed by atoms with E-state index >= 15 is 0 Å². The molecular formula is C16H19N3O3S2. The van der Waals surface area contributed by atoms with Crippen LogP contribution in [0.3, 0.4) is 0 Å². The van der Waals surface area contributed by atoms with E-state index in [4.69, 9.17) is 0 Å². The van der Waals surface area contributed by atoms with Gasteiger partial charge in [-0.2, -0.15) is 4.31 Å². The van der Waals surface area contributed by atoms with Crippen molar-refractivity contribution < 1.29 is 13.2 Å². The molecule has 24 heavy (non-hydrogen) atoms. The van der Waals surface area contributed by atoms with E-state index < -0.39 is 10.0 Å². The summed E-state index contributed by atoms with van der Waals surface area (Å²) >= 11 is 1.59. The molecule has 0 spiro atoms. The molecule has 128 valence electrons. The Balaban J connectivity index is 1.64. The highest BCUT2D eigenvalue weighted by molar-refractivity contribution is 7.89. The number of thiophene rings is 1. The summed E-state index contributed by atoms with van der Waals surface area (Å²) in [7, 11) is -3.59. The first-order valence-electron chi connectivity index (χ1n) is 7.77. The number of nitrogens with one attached hydrogen (secondary N) is 1. The summed E-state index contributed by atoms with van der Waals surface area (Å²) in [6.07, 6.45) is 4.26. The van der Waals surface area contributed by atoms with Gasteiger partial charge in [0.15, 0.2) is 0 Å². The molecule has 6 nitrogen and oxygen atoms in total. The van der Waals surface area contributed by atoms with Crippen molar-refractivity contribution in [2.45, 2.75) is 24.3 Å². The Morgan fingerprint density at radius 3 is 2.96 bits per heavy atom. The first-order valence-corrected chi connectivity index (χ1v) is 10.1. The Labute approximate surface area is 145 Å². The molecule has 3 heterocycles. The average molecular weight is 365 g/mol. The monoisotopic (exact) mass is 365 g/mol. The number of pyridine rings is 1. The topological polar surface area (TPSA) is 79.4 Å². The van der Waals surface area contributed by atoms with E-state index in [1.165, 1.54) is 22.8 Å². The van der Waals surface area contributed by atoms with E-state index in [2.05, 4.69) is 10.3 Å². The lowest BCUT2D eigenvalue weighted by molar-refractivity contribution is -0.126. The van der Waals surface area contributed by atoms with Gasteiger partial charge in [0.05, 0.1) is 12.5 Å². The van der Waals surface area contributed by atoms with Crippen molar-refractivity contribution >= 4 is 27.3 Å². The van der Waals surface area contributed by atoms with Gasteiger partial charge >= 0.3 is 0 Å². The molecule has 2 aromatic rings. The molecule has 0 radical (unpaired) electrons. The zero-order valence-corrected chi connectivity index (χ0v) is 14.7. The summed E-state index contributed by atoms with van der Waals surface area (Å²) in [5, 5.41) is 4.87. The van der Waals surface area contributed by atoms with E-state index in [1.54, 1.807) is 17.4 Å². The summed E-state index contributed by atoms with van der Waals surface area (Å²) in [5.74, 6) is -0.403. The second kappa shape index (κ2) is 7.42. The highest BCUT2D eigenvalue weighted by atomic mass is 32.2. The van der Waals surface area contributed by atoms with Gasteiger partial charge in [0.2, 0.25) is 15.9 Å². The fourth-order valence-electron chi connectivity index (χ4n) is 2.76. The van der Waals surface area contributed by atoms with Gasteiger partial charge < -0.3 is 5.32 Å². The van der Waals surface area contributed by atoms with Gasteiger partial charge in [-0.15, -0.1) is 11.3 Å². The Hall–Kier alpha value is -1.77. The van der Waals surface area contributed by atoms with E-state index in [9.17, 15) is 13.2 Å². The quantitative estimate of drug-likeness (QED) is 0.877. The molecule has 1 saturated heterocycles. The number of carbonyl (C=O) groups is 1. The maximum atomic E-state index is 12.7. The van der Waals surface area contributed by atoms with Crippen LogP contribution in [0.1, 0.15) is 17.7 Å². The van der Waals surface area contributed by atoms with Gasteiger partial charge in [0.1, 0.15) is 4.90 Å². The number of carbonyl (C=O) groups excluding carboxylic acids is 1. The molecular weight excluding hydrogens is 346 g/mol. The van der Waals surface area contributed by atoms with E-state index in [0.717, 1.165) is 4.88 Å². The predicted octanol–water partition coefficient (Wildman–Crippen LogP) is 1.86. The molecule has 0 saturated carbocycles. The third-order valence-electron chi connectivity index (χ3n) is 4.04. The third kappa shape index (κ3) is 3.82. The zero-order chi connectivity index (χ0) is 17.0. The number of hydrogen-bond donors (Lipinski definition) is 1. The van der Waals surface area contributed by atoms with Crippen molar-refractivity contribution in [3.05, 3.63) is 46.9 Å². The van der Waals surface area contributed by atoms with Crippen LogP contribution in [0.15, 0.2) is 46.9 Å². The van der Waals surface area contributed by atoms with Gasteiger partial charge in [-0.05, 0) is 36.4 Å². The number of hydrogen-bond acceptors (Lipinski definition) is 5. The fraction of sp³-hybridized carbons (Fsp3) is 0.375. The molecule has 1 fully saturated rings. The van der Waals surface area contributed by atoms with Crippen molar-refractivity contribution in [3.8, 4) is 0 Å². The van der Waals surface area contributed by atoms with E-state index in [0.29, 0.717) is 25.9 Å². The molecule has 8 heteroatoms. The van der Waals surface area contributed by atoms with Crippen molar-refractivity contribution in [1.82, 2.24) is 14.6 Å². The first-order chi connectivity index (χ1) is 11.6. The number of aromatic nitrogens is 1. The largest absolute Gasteiger partial charge is 0.351 e. The normalized spacial score (nSPS) is 19.1. The molecule has 3 rings (SSSR count). The van der Waals surface area contributed by atoms with Crippen LogP contribution < -0.4 is 5.32 Å². The minimum Gasteiger partial charge on any atom is -0.351 e. The molecule has 0 aromatic carbocycles. The minimum absolute atomic E-state index is 0.0884. The van der Waals surface area contributed by atoms with Crippen LogP contribution in [-0.4, -0.2) is 36.7 Å². The lowest BCUT2D eigenvalue weighted by atomic mass is 9.99. The standard InChI is InChI=1S/C16H19N3O3S2/c20-16(18-10-14-5-3-9-23-14)13-4-2-8-19(12-13)24(21,22)15-6-1-7-17-11-15/h1,3,5-7,9,11,13H,2,4,8,10,12H2,(H,18,20). The fourth-order valence-corrected chi connectivity index (χ4v) is 4.89. The molecule has 1 aliphatic heterocycles. The minimum atomic E-state index is -3.59. The van der Waals surface area contributed by atoms with E-state index in [1.807, 2.05) is 17.5 Å². The average Bonchev–Trinajstić information content (AvgIpc) is 3.14. The van der Waals surface area contributed by atoms with Crippen LogP contribution in [0.2, 0.25) is 0 Å². The number of rotatable bonds is 5. The molecule has 1 N–H and O–H groups in total. The van der Waals surface area contributed by atoms with Crippen molar-refractivity contribution in [3.63, 3.8) is 0 Å². The van der Waals surface area contributed by atoms with E-state index in [-0.39, 0.29) is 23.3 Å². The van der Waals surface area contributed by atoms with Crippen LogP contribution in [0, 0.1) is 5.92 Å². The van der Waals surface area contributed by atoms with Gasteiger partial charge in [0.25, 0.3) is 0 Å². The molecule has 1 atom stereocenters. The summed E-state index contributed by atoms with van der Waals surface area (Å²) in [6, 6.07) is 7.03. The summed E-state index contributed by atoms with van der Waals surface area (Å²) in [6.45, 7) is 1.14. The summed E-state index contributed by atoms with van der Waals surface area (Å²) < 4.78 is 26.7. The van der Waals surface area contributed by atoms with Crippen LogP contribution in [0.4, 0.5) is 0 Å². The number of amides is 1. The highest BCUT2D eigenvalue weighted by Crippen LogP contribution is 2.23.